The van der Waals surface area contributed by atoms with Gasteiger partial charge in [-0.25, -0.2) is 5.06 Å². The highest BCUT2D eigenvalue weighted by atomic mass is 16.7. The lowest BCUT2D eigenvalue weighted by molar-refractivity contribution is -0.170. The molecule has 0 fully saturated rings. The average molecular weight is 261 g/mol. The molecule has 102 valence electrons. The van der Waals surface area contributed by atoms with Crippen LogP contribution in [0.4, 0.5) is 0 Å². The van der Waals surface area contributed by atoms with Crippen LogP contribution in [0, 0.1) is 0 Å². The largest absolute Gasteiger partial charge is 0.361 e. The summed E-state index contributed by atoms with van der Waals surface area (Å²) < 4.78 is 0. The number of aromatic nitrogens is 1. The first-order valence-corrected chi connectivity index (χ1v) is 6.21. The summed E-state index contributed by atoms with van der Waals surface area (Å²) in [7, 11) is 4.87. The molecule has 5 heteroatoms. The van der Waals surface area contributed by atoms with Crippen LogP contribution in [0.2, 0.25) is 0 Å². The van der Waals surface area contributed by atoms with E-state index in [0.717, 1.165) is 16.5 Å². The zero-order valence-electron chi connectivity index (χ0n) is 11.4. The molecular weight excluding hydrogens is 242 g/mol. The fourth-order valence-electron chi connectivity index (χ4n) is 2.14. The van der Waals surface area contributed by atoms with Crippen molar-refractivity contribution in [2.75, 3.05) is 21.2 Å². The molecule has 0 bridgehead atoms. The summed E-state index contributed by atoms with van der Waals surface area (Å²) in [6, 6.07) is 7.76. The van der Waals surface area contributed by atoms with E-state index in [1.165, 1.54) is 12.2 Å². The van der Waals surface area contributed by atoms with Crippen LogP contribution in [0.1, 0.15) is 5.56 Å². The summed E-state index contributed by atoms with van der Waals surface area (Å²) in [6.07, 6.45) is 2.57. The van der Waals surface area contributed by atoms with Gasteiger partial charge in [0, 0.05) is 24.1 Å². The van der Waals surface area contributed by atoms with Gasteiger partial charge in [0.2, 0.25) is 0 Å². The van der Waals surface area contributed by atoms with Crippen molar-refractivity contribution in [2.24, 2.45) is 0 Å². The predicted octanol–water partition coefficient (Wildman–Crippen LogP) is 1.32. The molecule has 1 unspecified atom stereocenters. The van der Waals surface area contributed by atoms with Gasteiger partial charge in [-0.15, -0.1) is 0 Å². The third-order valence-electron chi connectivity index (χ3n) is 3.33. The molecule has 0 saturated carbocycles. The molecule has 2 N–H and O–H groups in total. The van der Waals surface area contributed by atoms with Crippen LogP contribution < -0.4 is 5.32 Å². The number of rotatable bonds is 5. The van der Waals surface area contributed by atoms with E-state index in [9.17, 15) is 4.79 Å². The third kappa shape index (κ3) is 2.77. The number of benzene rings is 1. The fourth-order valence-corrected chi connectivity index (χ4v) is 2.14. The van der Waals surface area contributed by atoms with Gasteiger partial charge in [-0.3, -0.25) is 9.63 Å². The monoisotopic (exact) mass is 261 g/mol. The van der Waals surface area contributed by atoms with E-state index in [0.29, 0.717) is 6.42 Å². The van der Waals surface area contributed by atoms with Crippen LogP contribution in [-0.2, 0) is 16.1 Å². The van der Waals surface area contributed by atoms with Crippen molar-refractivity contribution >= 4 is 16.8 Å². The molecule has 19 heavy (non-hydrogen) atoms. The van der Waals surface area contributed by atoms with Crippen molar-refractivity contribution in [1.29, 1.82) is 0 Å². The fraction of sp³-hybridized carbons (Fsp3) is 0.357. The van der Waals surface area contributed by atoms with E-state index in [-0.39, 0.29) is 11.9 Å². The van der Waals surface area contributed by atoms with Gasteiger partial charge in [-0.2, -0.15) is 0 Å². The minimum atomic E-state index is -0.302. The van der Waals surface area contributed by atoms with Crippen molar-refractivity contribution in [3.05, 3.63) is 36.0 Å². The first kappa shape index (κ1) is 13.6. The molecule has 1 heterocycles. The smallest absolute Gasteiger partial charge is 0.263 e. The van der Waals surface area contributed by atoms with Crippen LogP contribution >= 0.6 is 0 Å². The predicted molar refractivity (Wildman–Crippen MR) is 74.6 cm³/mol. The molecule has 0 aliphatic carbocycles. The summed E-state index contributed by atoms with van der Waals surface area (Å²) in [5, 5.41) is 5.43. The van der Waals surface area contributed by atoms with Gasteiger partial charge < -0.3 is 10.3 Å². The Balaban J connectivity index is 2.21. The zero-order valence-corrected chi connectivity index (χ0v) is 11.4. The lowest BCUT2D eigenvalue weighted by Gasteiger charge is -2.21. The van der Waals surface area contributed by atoms with Crippen LogP contribution in [-0.4, -0.2) is 43.2 Å². The van der Waals surface area contributed by atoms with Gasteiger partial charge in [0.1, 0.15) is 0 Å². The number of carbonyl (C=O) groups is 1. The molecule has 1 aromatic carbocycles. The van der Waals surface area contributed by atoms with Crippen LogP contribution in [0.15, 0.2) is 30.5 Å². The van der Waals surface area contributed by atoms with Crippen LogP contribution in [0.25, 0.3) is 10.9 Å². The number of nitrogens with one attached hydrogen (secondary N) is 2. The molecule has 0 spiro atoms. The van der Waals surface area contributed by atoms with Gasteiger partial charge in [0.05, 0.1) is 13.2 Å². The number of aromatic amines is 1. The molecule has 0 aliphatic heterocycles. The molecule has 0 aliphatic rings. The second kappa shape index (κ2) is 5.86. The number of hydroxylamine groups is 2. The van der Waals surface area contributed by atoms with Crippen molar-refractivity contribution in [2.45, 2.75) is 12.5 Å². The molecule has 5 nitrogen and oxygen atoms in total. The quantitative estimate of drug-likeness (QED) is 0.798. The van der Waals surface area contributed by atoms with Gasteiger partial charge >= 0.3 is 0 Å². The van der Waals surface area contributed by atoms with E-state index >= 15 is 0 Å². The Hall–Kier alpha value is -1.85. The Morgan fingerprint density at radius 3 is 2.89 bits per heavy atom. The number of H-pyrrole nitrogens is 1. The number of hydrogen-bond acceptors (Lipinski definition) is 3. The molecular formula is C14H19N3O2. The molecule has 0 saturated heterocycles. The minimum Gasteiger partial charge on any atom is -0.361 e. The first-order valence-electron chi connectivity index (χ1n) is 6.21. The summed E-state index contributed by atoms with van der Waals surface area (Å²) in [4.78, 5) is 20.2. The topological polar surface area (TPSA) is 57.4 Å². The molecule has 0 radical (unpaired) electrons. The number of hydrogen-bond donors (Lipinski definition) is 2. The molecule has 1 atom stereocenters. The van der Waals surface area contributed by atoms with Crippen molar-refractivity contribution in [3.8, 4) is 0 Å². The zero-order chi connectivity index (χ0) is 13.8. The Morgan fingerprint density at radius 1 is 1.47 bits per heavy atom. The normalized spacial score (nSPS) is 12.6. The number of amides is 1. The summed E-state index contributed by atoms with van der Waals surface area (Å²) in [6.45, 7) is 0. The third-order valence-corrected chi connectivity index (χ3v) is 3.33. The number of likely N-dealkylation sites (N-methyl/N-ethyl adjacent to an activating group) is 2. The van der Waals surface area contributed by atoms with E-state index < -0.39 is 0 Å². The maximum Gasteiger partial charge on any atom is 0.263 e. The number of fused-ring (bicyclic) bond motifs is 1. The highest BCUT2D eigenvalue weighted by Gasteiger charge is 2.22. The maximum absolute atomic E-state index is 12.1. The van der Waals surface area contributed by atoms with Gasteiger partial charge in [0.25, 0.3) is 5.91 Å². The second-order valence-corrected chi connectivity index (χ2v) is 4.42. The van der Waals surface area contributed by atoms with E-state index in [1.54, 1.807) is 14.1 Å². The molecule has 2 aromatic rings. The Morgan fingerprint density at radius 2 is 2.21 bits per heavy atom. The van der Waals surface area contributed by atoms with Gasteiger partial charge in [-0.1, -0.05) is 18.2 Å². The molecule has 1 amide bonds. The lowest BCUT2D eigenvalue weighted by atomic mass is 10.0. The first-order chi connectivity index (χ1) is 9.17. The molecule has 1 aromatic heterocycles. The lowest BCUT2D eigenvalue weighted by Crippen LogP contribution is -2.44. The Bertz CT molecular complexity index is 565. The van der Waals surface area contributed by atoms with E-state index in [2.05, 4.69) is 16.4 Å². The standard InChI is InChI=1S/C14H19N3O2/c1-15-13(14(18)17(2)19-3)8-10-9-16-12-7-5-4-6-11(10)12/h4-7,9,13,15-16H,8H2,1-3H3. The number of para-hydroxylation sites is 1. The SMILES string of the molecule is CNC(Cc1c[nH]c2ccccc12)C(=O)N(C)OC. The van der Waals surface area contributed by atoms with Gasteiger partial charge in [-0.05, 0) is 25.1 Å². The maximum atomic E-state index is 12.1. The highest BCUT2D eigenvalue weighted by Crippen LogP contribution is 2.19. The summed E-state index contributed by atoms with van der Waals surface area (Å²) >= 11 is 0. The summed E-state index contributed by atoms with van der Waals surface area (Å²) in [5.41, 5.74) is 2.20. The van der Waals surface area contributed by atoms with Crippen molar-refractivity contribution in [3.63, 3.8) is 0 Å². The van der Waals surface area contributed by atoms with Gasteiger partial charge in [0.15, 0.2) is 0 Å². The van der Waals surface area contributed by atoms with Crippen molar-refractivity contribution in [1.82, 2.24) is 15.4 Å². The highest BCUT2D eigenvalue weighted by molar-refractivity contribution is 5.85. The molecule has 2 rings (SSSR count). The van der Waals surface area contributed by atoms with E-state index in [4.69, 9.17) is 4.84 Å². The average Bonchev–Trinajstić information content (AvgIpc) is 2.86. The second-order valence-electron chi connectivity index (χ2n) is 4.42. The Kier molecular flexibility index (Phi) is 4.19. The Labute approximate surface area is 112 Å². The number of carbonyl (C=O) groups excluding carboxylic acids is 1. The van der Waals surface area contributed by atoms with Crippen molar-refractivity contribution < 1.29 is 9.63 Å². The van der Waals surface area contributed by atoms with Crippen LogP contribution in [0.5, 0.6) is 0 Å². The number of nitrogens with zero attached hydrogens (tertiary/aromatic N) is 1. The summed E-state index contributed by atoms with van der Waals surface area (Å²) in [5.74, 6) is -0.0877. The van der Waals surface area contributed by atoms with Crippen LogP contribution in [0.3, 0.4) is 0 Å². The minimum absolute atomic E-state index is 0.0877. The van der Waals surface area contributed by atoms with E-state index in [1.807, 2.05) is 24.4 Å².